The molecule has 0 fully saturated rings. The summed E-state index contributed by atoms with van der Waals surface area (Å²) < 4.78 is 5.86. The molecule has 0 aromatic heterocycles. The van der Waals surface area contributed by atoms with Crippen molar-refractivity contribution in [3.8, 4) is 5.75 Å². The summed E-state index contributed by atoms with van der Waals surface area (Å²) in [5.41, 5.74) is 2.22. The molecule has 2 aromatic rings. The molecule has 2 aromatic carbocycles. The van der Waals surface area contributed by atoms with Gasteiger partial charge in [0.2, 0.25) is 5.91 Å². The predicted octanol–water partition coefficient (Wildman–Crippen LogP) is 5.72. The van der Waals surface area contributed by atoms with Gasteiger partial charge in [0.05, 0.1) is 22.3 Å². The zero-order valence-electron chi connectivity index (χ0n) is 15.9. The number of hydrogen-bond donors (Lipinski definition) is 1. The predicted molar refractivity (Wildman–Crippen MR) is 116 cm³/mol. The molecule has 3 nitrogen and oxygen atoms in total. The Morgan fingerprint density at radius 1 is 1.11 bits per heavy atom. The molecule has 0 atom stereocenters. The van der Waals surface area contributed by atoms with E-state index in [1.54, 1.807) is 6.07 Å². The first-order chi connectivity index (χ1) is 12.8. The Kier molecular flexibility index (Phi) is 8.33. The maximum Gasteiger partial charge on any atom is 0.230 e. The number of halogens is 2. The number of carbonyl (C=O) groups excluding carboxylic acids is 1. The maximum atomic E-state index is 12.0. The molecule has 27 heavy (non-hydrogen) atoms. The molecule has 0 aliphatic heterocycles. The van der Waals surface area contributed by atoms with E-state index in [-0.39, 0.29) is 11.3 Å². The van der Waals surface area contributed by atoms with E-state index in [0.29, 0.717) is 34.7 Å². The quantitative estimate of drug-likeness (QED) is 0.549. The fourth-order valence-corrected chi connectivity index (χ4v) is 3.63. The summed E-state index contributed by atoms with van der Waals surface area (Å²) >= 11 is 13.4. The van der Waals surface area contributed by atoms with Gasteiger partial charge in [-0.25, -0.2) is 0 Å². The number of nitrogens with one attached hydrogen (secondary N) is 1. The van der Waals surface area contributed by atoms with E-state index in [9.17, 15) is 4.79 Å². The number of benzene rings is 2. The van der Waals surface area contributed by atoms with Crippen molar-refractivity contribution >= 4 is 40.9 Å². The van der Waals surface area contributed by atoms with Gasteiger partial charge < -0.3 is 10.1 Å². The molecule has 0 aliphatic rings. The van der Waals surface area contributed by atoms with Crippen LogP contribution in [0.1, 0.15) is 31.9 Å². The normalized spacial score (nSPS) is 11.3. The van der Waals surface area contributed by atoms with Crippen LogP contribution in [0, 0.1) is 0 Å². The lowest BCUT2D eigenvalue weighted by molar-refractivity contribution is -0.118. The molecule has 0 bridgehead atoms. The Bertz CT molecular complexity index is 775. The molecule has 0 saturated carbocycles. The molecule has 1 amide bonds. The molecule has 0 aliphatic carbocycles. The van der Waals surface area contributed by atoms with Crippen LogP contribution in [0.25, 0.3) is 0 Å². The van der Waals surface area contributed by atoms with Crippen molar-refractivity contribution in [3.05, 3.63) is 63.6 Å². The molecular formula is C21H25Cl2NO2S. The van der Waals surface area contributed by atoms with Gasteiger partial charge in [-0.15, -0.1) is 11.8 Å². The SMILES string of the molecule is CC(C)(C)c1ccccc1OCCNC(=O)CSCc1ccc(Cl)c(Cl)c1. The van der Waals surface area contributed by atoms with Crippen LogP contribution >= 0.6 is 35.0 Å². The standard InChI is InChI=1S/C21H25Cl2NO2S/c1-21(2,3)16-6-4-5-7-19(16)26-11-10-24-20(25)14-27-13-15-8-9-17(22)18(23)12-15/h4-9,12H,10-11,13-14H2,1-3H3,(H,24,25). The van der Waals surface area contributed by atoms with Crippen molar-refractivity contribution in [1.82, 2.24) is 5.32 Å². The van der Waals surface area contributed by atoms with Gasteiger partial charge in [0.15, 0.2) is 0 Å². The summed E-state index contributed by atoms with van der Waals surface area (Å²) in [6.07, 6.45) is 0. The summed E-state index contributed by atoms with van der Waals surface area (Å²) in [4.78, 5) is 12.0. The van der Waals surface area contributed by atoms with Crippen LogP contribution in [0.3, 0.4) is 0 Å². The molecule has 0 radical (unpaired) electrons. The highest BCUT2D eigenvalue weighted by atomic mass is 35.5. The number of carbonyl (C=O) groups is 1. The van der Waals surface area contributed by atoms with Gasteiger partial charge in [-0.2, -0.15) is 0 Å². The number of ether oxygens (including phenoxy) is 1. The molecule has 2 rings (SSSR count). The minimum Gasteiger partial charge on any atom is -0.491 e. The van der Waals surface area contributed by atoms with Crippen LogP contribution in [0.5, 0.6) is 5.75 Å². The van der Waals surface area contributed by atoms with Crippen LogP contribution in [0.4, 0.5) is 0 Å². The van der Waals surface area contributed by atoms with Crippen molar-refractivity contribution in [2.45, 2.75) is 31.9 Å². The van der Waals surface area contributed by atoms with Gasteiger partial charge >= 0.3 is 0 Å². The van der Waals surface area contributed by atoms with Crippen molar-refractivity contribution in [1.29, 1.82) is 0 Å². The Balaban J connectivity index is 1.69. The van der Waals surface area contributed by atoms with Gasteiger partial charge in [-0.1, -0.05) is 68.2 Å². The van der Waals surface area contributed by atoms with Crippen molar-refractivity contribution in [2.24, 2.45) is 0 Å². The summed E-state index contributed by atoms with van der Waals surface area (Å²) in [5.74, 6) is 1.96. The molecule has 0 saturated heterocycles. The Morgan fingerprint density at radius 3 is 2.56 bits per heavy atom. The highest BCUT2D eigenvalue weighted by molar-refractivity contribution is 7.99. The second-order valence-electron chi connectivity index (χ2n) is 7.19. The van der Waals surface area contributed by atoms with Gasteiger partial charge in [-0.3, -0.25) is 4.79 Å². The zero-order valence-corrected chi connectivity index (χ0v) is 18.2. The Morgan fingerprint density at radius 2 is 1.85 bits per heavy atom. The molecule has 0 unspecified atom stereocenters. The number of thioether (sulfide) groups is 1. The molecule has 0 spiro atoms. The zero-order chi connectivity index (χ0) is 19.9. The fourth-order valence-electron chi connectivity index (χ4n) is 2.51. The first-order valence-electron chi connectivity index (χ1n) is 8.78. The van der Waals surface area contributed by atoms with Gasteiger partial charge in [-0.05, 0) is 34.7 Å². The average Bonchev–Trinajstić information content (AvgIpc) is 2.61. The molecule has 1 N–H and O–H groups in total. The lowest BCUT2D eigenvalue weighted by atomic mass is 9.86. The van der Waals surface area contributed by atoms with E-state index in [2.05, 4.69) is 32.2 Å². The van der Waals surface area contributed by atoms with E-state index in [1.807, 2.05) is 30.3 Å². The van der Waals surface area contributed by atoms with Crippen molar-refractivity contribution in [3.63, 3.8) is 0 Å². The topological polar surface area (TPSA) is 38.3 Å². The number of amides is 1. The number of para-hydroxylation sites is 1. The first-order valence-corrected chi connectivity index (χ1v) is 10.7. The summed E-state index contributed by atoms with van der Waals surface area (Å²) in [7, 11) is 0. The minimum absolute atomic E-state index is 0.00670. The van der Waals surface area contributed by atoms with Crippen LogP contribution in [0.15, 0.2) is 42.5 Å². The summed E-state index contributed by atoms with van der Waals surface area (Å²) in [6, 6.07) is 13.5. The highest BCUT2D eigenvalue weighted by Gasteiger charge is 2.18. The second-order valence-corrected chi connectivity index (χ2v) is 8.99. The van der Waals surface area contributed by atoms with Gasteiger partial charge in [0.1, 0.15) is 12.4 Å². The Hall–Kier alpha value is -1.36. The third-order valence-electron chi connectivity index (χ3n) is 3.86. The Labute approximate surface area is 175 Å². The van der Waals surface area contributed by atoms with Crippen LogP contribution < -0.4 is 10.1 Å². The van der Waals surface area contributed by atoms with Crippen LogP contribution in [0.2, 0.25) is 10.0 Å². The van der Waals surface area contributed by atoms with E-state index in [4.69, 9.17) is 27.9 Å². The third-order valence-corrected chi connectivity index (χ3v) is 5.61. The summed E-state index contributed by atoms with van der Waals surface area (Å²) in [5, 5.41) is 3.96. The number of rotatable bonds is 8. The van der Waals surface area contributed by atoms with Crippen molar-refractivity contribution in [2.75, 3.05) is 18.9 Å². The van der Waals surface area contributed by atoms with Gasteiger partial charge in [0.25, 0.3) is 0 Å². The lowest BCUT2D eigenvalue weighted by Crippen LogP contribution is -2.29. The highest BCUT2D eigenvalue weighted by Crippen LogP contribution is 2.30. The van der Waals surface area contributed by atoms with Crippen LogP contribution in [-0.2, 0) is 16.0 Å². The lowest BCUT2D eigenvalue weighted by Gasteiger charge is -2.22. The summed E-state index contributed by atoms with van der Waals surface area (Å²) in [6.45, 7) is 7.38. The minimum atomic E-state index is -0.00670. The first kappa shape index (κ1) is 21.9. The smallest absolute Gasteiger partial charge is 0.230 e. The largest absolute Gasteiger partial charge is 0.491 e. The fraction of sp³-hybridized carbons (Fsp3) is 0.381. The number of hydrogen-bond acceptors (Lipinski definition) is 3. The van der Waals surface area contributed by atoms with E-state index in [1.165, 1.54) is 11.8 Å². The van der Waals surface area contributed by atoms with Crippen LogP contribution in [-0.4, -0.2) is 24.8 Å². The van der Waals surface area contributed by atoms with Gasteiger partial charge in [0, 0.05) is 5.75 Å². The second kappa shape index (κ2) is 10.3. The van der Waals surface area contributed by atoms with E-state index in [0.717, 1.165) is 16.9 Å². The van der Waals surface area contributed by atoms with E-state index < -0.39 is 0 Å². The molecule has 146 valence electrons. The molecule has 0 heterocycles. The molecular weight excluding hydrogens is 401 g/mol. The van der Waals surface area contributed by atoms with E-state index >= 15 is 0 Å². The molecule has 6 heteroatoms. The monoisotopic (exact) mass is 425 g/mol. The average molecular weight is 426 g/mol. The maximum absolute atomic E-state index is 12.0. The van der Waals surface area contributed by atoms with Crippen molar-refractivity contribution < 1.29 is 9.53 Å². The third kappa shape index (κ3) is 7.28.